The van der Waals surface area contributed by atoms with E-state index in [1.807, 2.05) is 32.9 Å². The smallest absolute Gasteiger partial charge is 0.117 e. The second-order valence-corrected chi connectivity index (χ2v) is 2.53. The van der Waals surface area contributed by atoms with Gasteiger partial charge in [0.15, 0.2) is 0 Å². The molecule has 66 valence electrons. The average Bonchev–Trinajstić information content (AvgIpc) is 2.06. The minimum absolute atomic E-state index is 0.107. The third-order valence-electron chi connectivity index (χ3n) is 1.49. The lowest BCUT2D eigenvalue weighted by Crippen LogP contribution is -2.17. The van der Waals surface area contributed by atoms with Crippen LogP contribution in [0, 0.1) is 11.3 Å². The van der Waals surface area contributed by atoms with E-state index in [1.165, 1.54) is 0 Å². The molecule has 2 N–H and O–H groups in total. The average molecular weight is 165 g/mol. The quantitative estimate of drug-likeness (QED) is 0.646. The molecule has 1 atom stereocenters. The normalized spacial score (nSPS) is 15.6. The fourth-order valence-electron chi connectivity index (χ4n) is 0.768. The van der Waals surface area contributed by atoms with E-state index >= 15 is 0 Å². The van der Waals surface area contributed by atoms with Gasteiger partial charge in [-0.3, -0.25) is 0 Å². The topological polar surface area (TPSA) is 62.2 Å². The van der Waals surface area contributed by atoms with Crippen molar-refractivity contribution in [2.75, 3.05) is 0 Å². The fourth-order valence-corrected chi connectivity index (χ4v) is 0.768. The summed E-state index contributed by atoms with van der Waals surface area (Å²) in [7, 11) is 0. The first-order valence-corrected chi connectivity index (χ1v) is 4.05. The van der Waals surface area contributed by atoms with Crippen LogP contribution in [0.2, 0.25) is 0 Å². The van der Waals surface area contributed by atoms with Crippen molar-refractivity contribution in [2.45, 2.75) is 33.2 Å². The highest BCUT2D eigenvalue weighted by molar-refractivity contribution is 5.98. The minimum atomic E-state index is -0.107. The van der Waals surface area contributed by atoms with Gasteiger partial charge in [-0.05, 0) is 20.3 Å². The Morgan fingerprint density at radius 3 is 2.58 bits per heavy atom. The first-order valence-electron chi connectivity index (χ1n) is 4.05. The van der Waals surface area contributed by atoms with Crippen molar-refractivity contribution in [3.05, 3.63) is 11.8 Å². The number of allylic oxidation sites excluding steroid dienone is 1. The third-order valence-corrected chi connectivity index (χ3v) is 1.49. The molecule has 0 aliphatic rings. The molecular formula is C9H15N3. The molecule has 0 amide bonds. The fraction of sp³-hybridized carbons (Fsp3) is 0.556. The van der Waals surface area contributed by atoms with Gasteiger partial charge in [0.05, 0.1) is 5.70 Å². The molecule has 0 aliphatic heterocycles. The molecule has 0 bridgehead atoms. The first-order chi connectivity index (χ1) is 5.65. The van der Waals surface area contributed by atoms with Crippen LogP contribution in [-0.4, -0.2) is 11.8 Å². The molecule has 0 saturated carbocycles. The van der Waals surface area contributed by atoms with Gasteiger partial charge in [0.1, 0.15) is 11.8 Å². The van der Waals surface area contributed by atoms with Crippen LogP contribution in [0.15, 0.2) is 16.8 Å². The van der Waals surface area contributed by atoms with Crippen molar-refractivity contribution < 1.29 is 0 Å². The van der Waals surface area contributed by atoms with Gasteiger partial charge in [0, 0.05) is 6.04 Å². The Hall–Kier alpha value is -1.14. The lowest BCUT2D eigenvalue weighted by molar-refractivity contribution is 0.844. The van der Waals surface area contributed by atoms with Gasteiger partial charge in [-0.2, -0.15) is 5.26 Å². The summed E-state index contributed by atoms with van der Waals surface area (Å²) >= 11 is 0. The van der Waals surface area contributed by atoms with E-state index in [2.05, 4.69) is 4.99 Å². The molecule has 3 heteroatoms. The van der Waals surface area contributed by atoms with E-state index in [0.29, 0.717) is 12.1 Å². The maximum atomic E-state index is 8.60. The minimum Gasteiger partial charge on any atom is -0.323 e. The SMILES string of the molecule is C/C=C(\N=C(C#N)CC)[C@H](C)N. The van der Waals surface area contributed by atoms with Gasteiger partial charge in [-0.15, -0.1) is 0 Å². The molecule has 0 saturated heterocycles. The molecule has 0 fully saturated rings. The van der Waals surface area contributed by atoms with Crippen LogP contribution >= 0.6 is 0 Å². The van der Waals surface area contributed by atoms with E-state index < -0.39 is 0 Å². The van der Waals surface area contributed by atoms with Gasteiger partial charge >= 0.3 is 0 Å². The molecule has 12 heavy (non-hydrogen) atoms. The predicted octanol–water partition coefficient (Wildman–Crippen LogP) is 1.61. The Morgan fingerprint density at radius 2 is 2.33 bits per heavy atom. The summed E-state index contributed by atoms with van der Waals surface area (Å²) in [5.41, 5.74) is 6.92. The van der Waals surface area contributed by atoms with Crippen LogP contribution in [0.3, 0.4) is 0 Å². The summed E-state index contributed by atoms with van der Waals surface area (Å²) in [5.74, 6) is 0. The largest absolute Gasteiger partial charge is 0.323 e. The highest BCUT2D eigenvalue weighted by atomic mass is 14.8. The summed E-state index contributed by atoms with van der Waals surface area (Å²) in [6, 6.07) is 1.92. The van der Waals surface area contributed by atoms with Gasteiger partial charge < -0.3 is 5.73 Å². The van der Waals surface area contributed by atoms with E-state index in [9.17, 15) is 0 Å². The molecule has 0 aromatic carbocycles. The molecule has 0 radical (unpaired) electrons. The van der Waals surface area contributed by atoms with Crippen LogP contribution in [0.4, 0.5) is 0 Å². The highest BCUT2D eigenvalue weighted by Gasteiger charge is 2.01. The zero-order valence-corrected chi connectivity index (χ0v) is 7.83. The Bertz CT molecular complexity index is 231. The number of rotatable bonds is 3. The van der Waals surface area contributed by atoms with Crippen molar-refractivity contribution in [2.24, 2.45) is 10.7 Å². The van der Waals surface area contributed by atoms with Gasteiger partial charge in [0.25, 0.3) is 0 Å². The molecule has 0 aliphatic carbocycles. The summed E-state index contributed by atoms with van der Waals surface area (Å²) in [6.07, 6.45) is 2.48. The highest BCUT2D eigenvalue weighted by Crippen LogP contribution is 2.02. The zero-order valence-electron chi connectivity index (χ0n) is 7.83. The van der Waals surface area contributed by atoms with Crippen LogP contribution in [-0.2, 0) is 0 Å². The van der Waals surface area contributed by atoms with Crippen LogP contribution < -0.4 is 5.73 Å². The molecular weight excluding hydrogens is 150 g/mol. The van der Waals surface area contributed by atoms with Crippen molar-refractivity contribution >= 4 is 5.71 Å². The van der Waals surface area contributed by atoms with E-state index in [-0.39, 0.29) is 6.04 Å². The summed E-state index contributed by atoms with van der Waals surface area (Å²) in [5, 5.41) is 8.60. The van der Waals surface area contributed by atoms with Crippen molar-refractivity contribution in [1.29, 1.82) is 5.26 Å². The summed E-state index contributed by atoms with van der Waals surface area (Å²) < 4.78 is 0. The van der Waals surface area contributed by atoms with Gasteiger partial charge in [-0.25, -0.2) is 4.99 Å². The Morgan fingerprint density at radius 1 is 1.75 bits per heavy atom. The molecule has 0 aromatic rings. The van der Waals surface area contributed by atoms with Crippen molar-refractivity contribution in [1.82, 2.24) is 0 Å². The number of hydrogen-bond acceptors (Lipinski definition) is 3. The number of hydrogen-bond donors (Lipinski definition) is 1. The second kappa shape index (κ2) is 5.50. The molecule has 0 aromatic heterocycles. The lowest BCUT2D eigenvalue weighted by atomic mass is 10.2. The molecule has 0 unspecified atom stereocenters. The zero-order chi connectivity index (χ0) is 9.56. The van der Waals surface area contributed by atoms with E-state index in [0.717, 1.165) is 5.70 Å². The number of aliphatic imine (C=N–C) groups is 1. The summed E-state index contributed by atoms with van der Waals surface area (Å²) in [6.45, 7) is 5.62. The maximum Gasteiger partial charge on any atom is 0.117 e. The third kappa shape index (κ3) is 3.31. The molecule has 0 heterocycles. The molecule has 3 nitrogen and oxygen atoms in total. The van der Waals surface area contributed by atoms with E-state index in [4.69, 9.17) is 11.0 Å². The van der Waals surface area contributed by atoms with Crippen LogP contribution in [0.25, 0.3) is 0 Å². The maximum absolute atomic E-state index is 8.60. The van der Waals surface area contributed by atoms with Gasteiger partial charge in [-0.1, -0.05) is 13.0 Å². The van der Waals surface area contributed by atoms with Crippen LogP contribution in [0.1, 0.15) is 27.2 Å². The Kier molecular flexibility index (Phi) is 4.98. The second-order valence-electron chi connectivity index (χ2n) is 2.53. The van der Waals surface area contributed by atoms with E-state index in [1.54, 1.807) is 0 Å². The number of nitrogens with zero attached hydrogens (tertiary/aromatic N) is 2. The Balaban J connectivity index is 4.60. The standard InChI is InChI=1S/C9H15N3/c1-4-8(6-10)12-9(5-2)7(3)11/h5,7H,4,11H2,1-3H3/b9-5-,12-8?/t7-/m0/s1. The number of nitriles is 1. The lowest BCUT2D eigenvalue weighted by Gasteiger charge is -2.04. The van der Waals surface area contributed by atoms with Crippen LogP contribution in [0.5, 0.6) is 0 Å². The Labute approximate surface area is 73.6 Å². The monoisotopic (exact) mass is 165 g/mol. The first kappa shape index (κ1) is 10.9. The van der Waals surface area contributed by atoms with Gasteiger partial charge in [0.2, 0.25) is 0 Å². The molecule has 0 spiro atoms. The van der Waals surface area contributed by atoms with Crippen molar-refractivity contribution in [3.63, 3.8) is 0 Å². The van der Waals surface area contributed by atoms with Crippen molar-refractivity contribution in [3.8, 4) is 6.07 Å². The predicted molar refractivity (Wildman–Crippen MR) is 50.7 cm³/mol. The molecule has 0 rings (SSSR count). The summed E-state index contributed by atoms with van der Waals surface area (Å²) in [4.78, 5) is 4.12. The number of nitrogens with two attached hydrogens (primary N) is 1.